The van der Waals surface area contributed by atoms with E-state index in [9.17, 15) is 27.2 Å². The second-order valence-corrected chi connectivity index (χ2v) is 9.10. The van der Waals surface area contributed by atoms with E-state index in [1.165, 1.54) is 21.3 Å². The predicted octanol–water partition coefficient (Wildman–Crippen LogP) is -0.217. The van der Waals surface area contributed by atoms with Crippen LogP contribution in [-0.4, -0.2) is 85.4 Å². The van der Waals surface area contributed by atoms with Gasteiger partial charge in [0.05, 0.1) is 12.7 Å². The number of imide groups is 1. The topological polar surface area (TPSA) is 107 Å². The van der Waals surface area contributed by atoms with Crippen LogP contribution >= 0.6 is 0 Å². The van der Waals surface area contributed by atoms with Crippen LogP contribution in [0.3, 0.4) is 0 Å². The molecule has 1 aromatic carbocycles. The smallest absolute Gasteiger partial charge is 0.324 e. The third kappa shape index (κ3) is 5.10. The SMILES string of the molecule is CS(=O)(=O)N1CCN(C(=O)C[C@@H]2NC(=O)N(CCc3cccc(F)c3)C2=O)CC1. The molecule has 0 spiro atoms. The second-order valence-electron chi connectivity index (χ2n) is 7.12. The van der Waals surface area contributed by atoms with E-state index in [1.807, 2.05) is 0 Å². The number of hydrogen-bond donors (Lipinski definition) is 1. The average Bonchev–Trinajstić information content (AvgIpc) is 2.92. The molecule has 1 atom stereocenters. The summed E-state index contributed by atoms with van der Waals surface area (Å²) in [6.45, 7) is 0.977. The fourth-order valence-electron chi connectivity index (χ4n) is 3.43. The summed E-state index contributed by atoms with van der Waals surface area (Å²) in [4.78, 5) is 39.6. The predicted molar refractivity (Wildman–Crippen MR) is 102 cm³/mol. The molecule has 2 heterocycles. The Morgan fingerprint density at radius 1 is 1.21 bits per heavy atom. The van der Waals surface area contributed by atoms with E-state index in [4.69, 9.17) is 0 Å². The Kier molecular flexibility index (Phi) is 6.18. The van der Waals surface area contributed by atoms with Gasteiger partial charge in [-0.15, -0.1) is 0 Å². The number of hydrogen-bond acceptors (Lipinski definition) is 5. The maximum Gasteiger partial charge on any atom is 0.324 e. The molecule has 11 heteroatoms. The van der Waals surface area contributed by atoms with Crippen molar-refractivity contribution < 1.29 is 27.2 Å². The van der Waals surface area contributed by atoms with Crippen molar-refractivity contribution in [3.8, 4) is 0 Å². The summed E-state index contributed by atoms with van der Waals surface area (Å²) in [5.74, 6) is -1.20. The molecule has 3 rings (SSSR count). The number of carbonyl (C=O) groups excluding carboxylic acids is 3. The number of amides is 4. The van der Waals surface area contributed by atoms with Gasteiger partial charge in [0.25, 0.3) is 5.91 Å². The molecule has 29 heavy (non-hydrogen) atoms. The summed E-state index contributed by atoms with van der Waals surface area (Å²) in [7, 11) is -3.30. The molecule has 0 saturated carbocycles. The summed E-state index contributed by atoms with van der Waals surface area (Å²) < 4.78 is 37.6. The number of rotatable bonds is 6. The third-order valence-corrected chi connectivity index (χ3v) is 6.36. The quantitative estimate of drug-likeness (QED) is 0.633. The van der Waals surface area contributed by atoms with Crippen LogP contribution in [0.2, 0.25) is 0 Å². The minimum atomic E-state index is -3.30. The first-order valence-corrected chi connectivity index (χ1v) is 11.1. The molecule has 4 amide bonds. The summed E-state index contributed by atoms with van der Waals surface area (Å²) in [6.07, 6.45) is 1.25. The zero-order valence-corrected chi connectivity index (χ0v) is 16.8. The fraction of sp³-hybridized carbons (Fsp3) is 0.500. The minimum Gasteiger partial charge on any atom is -0.340 e. The summed E-state index contributed by atoms with van der Waals surface area (Å²) in [6, 6.07) is 4.39. The van der Waals surface area contributed by atoms with E-state index in [-0.39, 0.29) is 50.9 Å². The number of carbonyl (C=O) groups is 3. The summed E-state index contributed by atoms with van der Waals surface area (Å²) in [5, 5.41) is 2.51. The van der Waals surface area contributed by atoms with Crippen molar-refractivity contribution in [2.45, 2.75) is 18.9 Å². The standard InChI is InChI=1S/C18H23FN4O5S/c1-29(27,28)22-9-7-21(8-10-22)16(24)12-15-17(25)23(18(26)20-15)6-5-13-3-2-4-14(19)11-13/h2-4,11,15H,5-10,12H2,1H3,(H,20,26)/t15-/m0/s1. The highest BCUT2D eigenvalue weighted by Gasteiger charge is 2.39. The molecule has 0 bridgehead atoms. The lowest BCUT2D eigenvalue weighted by molar-refractivity contribution is -0.136. The van der Waals surface area contributed by atoms with Crippen LogP contribution in [0.5, 0.6) is 0 Å². The molecule has 0 aromatic heterocycles. The molecule has 2 fully saturated rings. The van der Waals surface area contributed by atoms with Crippen molar-refractivity contribution in [1.29, 1.82) is 0 Å². The molecule has 2 saturated heterocycles. The molecule has 0 radical (unpaired) electrons. The van der Waals surface area contributed by atoms with Gasteiger partial charge >= 0.3 is 6.03 Å². The minimum absolute atomic E-state index is 0.0891. The largest absolute Gasteiger partial charge is 0.340 e. The van der Waals surface area contributed by atoms with Crippen LogP contribution in [0.25, 0.3) is 0 Å². The Balaban J connectivity index is 1.52. The number of halogens is 1. The van der Waals surface area contributed by atoms with Crippen molar-refractivity contribution in [2.24, 2.45) is 0 Å². The highest BCUT2D eigenvalue weighted by atomic mass is 32.2. The van der Waals surface area contributed by atoms with E-state index in [0.29, 0.717) is 12.0 Å². The van der Waals surface area contributed by atoms with Gasteiger partial charge in [0.1, 0.15) is 11.9 Å². The second kappa shape index (κ2) is 8.46. The molecule has 1 N–H and O–H groups in total. The molecule has 1 aromatic rings. The number of benzene rings is 1. The van der Waals surface area contributed by atoms with Gasteiger partial charge in [-0.25, -0.2) is 17.6 Å². The van der Waals surface area contributed by atoms with Crippen molar-refractivity contribution in [1.82, 2.24) is 19.4 Å². The van der Waals surface area contributed by atoms with Crippen molar-refractivity contribution >= 4 is 27.9 Å². The van der Waals surface area contributed by atoms with Gasteiger partial charge in [0.2, 0.25) is 15.9 Å². The number of nitrogens with one attached hydrogen (secondary N) is 1. The first-order chi connectivity index (χ1) is 13.6. The van der Waals surface area contributed by atoms with E-state index in [0.717, 1.165) is 11.2 Å². The number of sulfonamides is 1. The van der Waals surface area contributed by atoms with Crippen molar-refractivity contribution in [2.75, 3.05) is 39.0 Å². The van der Waals surface area contributed by atoms with Crippen molar-refractivity contribution in [3.05, 3.63) is 35.6 Å². The Labute approximate surface area is 168 Å². The third-order valence-electron chi connectivity index (χ3n) is 5.06. The monoisotopic (exact) mass is 426 g/mol. The van der Waals surface area contributed by atoms with E-state index >= 15 is 0 Å². The maximum atomic E-state index is 13.3. The Morgan fingerprint density at radius 2 is 1.90 bits per heavy atom. The van der Waals surface area contributed by atoms with Crippen LogP contribution in [0.4, 0.5) is 9.18 Å². The molecule has 2 aliphatic heterocycles. The van der Waals surface area contributed by atoms with Gasteiger partial charge in [-0.2, -0.15) is 4.31 Å². The van der Waals surface area contributed by atoms with Crippen LogP contribution in [0.15, 0.2) is 24.3 Å². The summed E-state index contributed by atoms with van der Waals surface area (Å²) in [5.41, 5.74) is 0.661. The van der Waals surface area contributed by atoms with Gasteiger partial charge in [0, 0.05) is 32.7 Å². The number of nitrogens with zero attached hydrogens (tertiary/aromatic N) is 3. The molecule has 9 nitrogen and oxygen atoms in total. The molecular formula is C18H23FN4O5S. The number of piperazine rings is 1. The van der Waals surface area contributed by atoms with Crippen LogP contribution < -0.4 is 5.32 Å². The van der Waals surface area contributed by atoms with Gasteiger partial charge in [-0.1, -0.05) is 12.1 Å². The zero-order chi connectivity index (χ0) is 21.2. The first-order valence-electron chi connectivity index (χ1n) is 9.24. The van der Waals surface area contributed by atoms with Gasteiger partial charge in [-0.3, -0.25) is 14.5 Å². The van der Waals surface area contributed by atoms with Gasteiger partial charge < -0.3 is 10.2 Å². The molecule has 2 aliphatic rings. The van der Waals surface area contributed by atoms with E-state index in [2.05, 4.69) is 5.32 Å². The lowest BCUT2D eigenvalue weighted by atomic mass is 10.1. The Bertz CT molecular complexity index is 915. The Morgan fingerprint density at radius 3 is 2.52 bits per heavy atom. The van der Waals surface area contributed by atoms with E-state index < -0.39 is 28.0 Å². The van der Waals surface area contributed by atoms with Crippen LogP contribution in [0, 0.1) is 5.82 Å². The van der Waals surface area contributed by atoms with E-state index in [1.54, 1.807) is 12.1 Å². The maximum absolute atomic E-state index is 13.3. The molecular weight excluding hydrogens is 403 g/mol. The lowest BCUT2D eigenvalue weighted by Crippen LogP contribution is -2.51. The average molecular weight is 426 g/mol. The van der Waals surface area contributed by atoms with Crippen molar-refractivity contribution in [3.63, 3.8) is 0 Å². The van der Waals surface area contributed by atoms with Gasteiger partial charge in [-0.05, 0) is 24.1 Å². The lowest BCUT2D eigenvalue weighted by Gasteiger charge is -2.33. The zero-order valence-electron chi connectivity index (χ0n) is 16.0. The van der Waals surface area contributed by atoms with Crippen LogP contribution in [0.1, 0.15) is 12.0 Å². The highest BCUT2D eigenvalue weighted by Crippen LogP contribution is 2.14. The Hall–Kier alpha value is -2.53. The normalized spacial score (nSPS) is 20.8. The van der Waals surface area contributed by atoms with Crippen LogP contribution in [-0.2, 0) is 26.0 Å². The van der Waals surface area contributed by atoms with Gasteiger partial charge in [0.15, 0.2) is 0 Å². The molecule has 158 valence electrons. The molecule has 0 aliphatic carbocycles. The number of urea groups is 1. The highest BCUT2D eigenvalue weighted by molar-refractivity contribution is 7.88. The fourth-order valence-corrected chi connectivity index (χ4v) is 4.26. The molecule has 0 unspecified atom stereocenters. The first kappa shape index (κ1) is 21.2. The summed E-state index contributed by atoms with van der Waals surface area (Å²) >= 11 is 0.